The van der Waals surface area contributed by atoms with Crippen molar-refractivity contribution in [2.24, 2.45) is 4.99 Å². The highest BCUT2D eigenvalue weighted by molar-refractivity contribution is 6.26. The SMILES string of the molecule is COc1ccc2c(c1)CC(=O)/C2=C\C1=CN=C(C)C1. The van der Waals surface area contributed by atoms with Crippen LogP contribution in [0.2, 0.25) is 0 Å². The third kappa shape index (κ3) is 2.12. The van der Waals surface area contributed by atoms with Crippen LogP contribution in [0.15, 0.2) is 41.0 Å². The monoisotopic (exact) mass is 253 g/mol. The lowest BCUT2D eigenvalue weighted by Crippen LogP contribution is -1.95. The Hall–Kier alpha value is -2.16. The molecule has 3 heteroatoms. The second-order valence-electron chi connectivity index (χ2n) is 4.93. The van der Waals surface area contributed by atoms with E-state index in [1.165, 1.54) is 0 Å². The molecule has 1 aromatic rings. The molecule has 0 radical (unpaired) electrons. The van der Waals surface area contributed by atoms with Gasteiger partial charge in [0.2, 0.25) is 0 Å². The number of nitrogens with zero attached hydrogens (tertiary/aromatic N) is 1. The molecule has 0 N–H and O–H groups in total. The summed E-state index contributed by atoms with van der Waals surface area (Å²) in [7, 11) is 1.64. The van der Waals surface area contributed by atoms with Gasteiger partial charge in [-0.25, -0.2) is 0 Å². The van der Waals surface area contributed by atoms with Crippen LogP contribution in [0.3, 0.4) is 0 Å². The number of Topliss-reactive ketones (excluding diaryl/α,β-unsaturated/α-hetero) is 1. The van der Waals surface area contributed by atoms with Gasteiger partial charge in [0.1, 0.15) is 5.75 Å². The zero-order valence-electron chi connectivity index (χ0n) is 11.1. The summed E-state index contributed by atoms with van der Waals surface area (Å²) < 4.78 is 5.20. The van der Waals surface area contributed by atoms with Gasteiger partial charge in [0, 0.05) is 30.3 Å². The molecule has 0 atom stereocenters. The maximum atomic E-state index is 12.1. The average Bonchev–Trinajstić information content (AvgIpc) is 2.94. The minimum atomic E-state index is 0.175. The summed E-state index contributed by atoms with van der Waals surface area (Å²) in [6, 6.07) is 5.81. The van der Waals surface area contributed by atoms with Crippen molar-refractivity contribution < 1.29 is 9.53 Å². The van der Waals surface area contributed by atoms with Crippen LogP contribution in [0.1, 0.15) is 24.5 Å². The fraction of sp³-hybridized carbons (Fsp3) is 0.250. The van der Waals surface area contributed by atoms with Crippen molar-refractivity contribution in [3.8, 4) is 5.75 Å². The maximum absolute atomic E-state index is 12.1. The Morgan fingerprint density at radius 1 is 1.32 bits per heavy atom. The zero-order valence-corrected chi connectivity index (χ0v) is 11.1. The summed E-state index contributed by atoms with van der Waals surface area (Å²) in [4.78, 5) is 16.4. The van der Waals surface area contributed by atoms with E-state index in [1.807, 2.05) is 37.4 Å². The molecule has 2 aliphatic rings. The number of benzene rings is 1. The average molecular weight is 253 g/mol. The molecule has 19 heavy (non-hydrogen) atoms. The molecule has 1 aliphatic heterocycles. The number of methoxy groups -OCH3 is 1. The van der Waals surface area contributed by atoms with E-state index >= 15 is 0 Å². The lowest BCUT2D eigenvalue weighted by Gasteiger charge is -2.03. The van der Waals surface area contributed by atoms with E-state index in [4.69, 9.17) is 4.74 Å². The van der Waals surface area contributed by atoms with Crippen molar-refractivity contribution in [1.82, 2.24) is 0 Å². The summed E-state index contributed by atoms with van der Waals surface area (Å²) in [5, 5.41) is 0. The first kappa shape index (κ1) is 11.9. The second kappa shape index (κ2) is 4.50. The highest BCUT2D eigenvalue weighted by Crippen LogP contribution is 2.33. The van der Waals surface area contributed by atoms with Gasteiger partial charge in [0.15, 0.2) is 5.78 Å². The van der Waals surface area contributed by atoms with Gasteiger partial charge >= 0.3 is 0 Å². The third-order valence-electron chi connectivity index (χ3n) is 3.49. The van der Waals surface area contributed by atoms with Crippen LogP contribution < -0.4 is 4.74 Å². The molecular formula is C16H15NO2. The predicted molar refractivity (Wildman–Crippen MR) is 75.5 cm³/mol. The first-order chi connectivity index (χ1) is 9.17. The molecular weight excluding hydrogens is 238 g/mol. The topological polar surface area (TPSA) is 38.7 Å². The van der Waals surface area contributed by atoms with Gasteiger partial charge in [-0.3, -0.25) is 9.79 Å². The van der Waals surface area contributed by atoms with E-state index in [-0.39, 0.29) is 5.78 Å². The number of carbonyl (C=O) groups excluding carboxylic acids is 1. The van der Waals surface area contributed by atoms with Crippen LogP contribution in [0.4, 0.5) is 0 Å². The van der Waals surface area contributed by atoms with E-state index in [0.29, 0.717) is 6.42 Å². The molecule has 1 aromatic carbocycles. The van der Waals surface area contributed by atoms with Crippen LogP contribution in [0, 0.1) is 0 Å². The molecule has 0 saturated carbocycles. The number of ether oxygens (including phenoxy) is 1. The van der Waals surface area contributed by atoms with Crippen LogP contribution in [-0.2, 0) is 11.2 Å². The Kier molecular flexibility index (Phi) is 2.82. The molecule has 0 bridgehead atoms. The summed E-state index contributed by atoms with van der Waals surface area (Å²) in [6.45, 7) is 2.00. The van der Waals surface area contributed by atoms with E-state index in [9.17, 15) is 4.79 Å². The molecule has 0 spiro atoms. The number of hydrogen-bond acceptors (Lipinski definition) is 3. The standard InChI is InChI=1S/C16H15NO2/c1-10-5-11(9-17-10)6-15-14-4-3-13(19-2)7-12(14)8-16(15)18/h3-4,6-7,9H,5,8H2,1-2H3/b15-6-. The van der Waals surface area contributed by atoms with Crippen LogP contribution >= 0.6 is 0 Å². The summed E-state index contributed by atoms with van der Waals surface area (Å²) >= 11 is 0. The summed E-state index contributed by atoms with van der Waals surface area (Å²) in [5.74, 6) is 0.973. The van der Waals surface area contributed by atoms with Gasteiger partial charge in [0.25, 0.3) is 0 Å². The van der Waals surface area contributed by atoms with Crippen molar-refractivity contribution in [3.05, 3.63) is 47.2 Å². The molecule has 1 aliphatic carbocycles. The van der Waals surface area contributed by atoms with E-state index < -0.39 is 0 Å². The predicted octanol–water partition coefficient (Wildman–Crippen LogP) is 2.95. The van der Waals surface area contributed by atoms with Crippen LogP contribution in [-0.4, -0.2) is 18.6 Å². The lowest BCUT2D eigenvalue weighted by molar-refractivity contribution is -0.112. The second-order valence-corrected chi connectivity index (χ2v) is 4.93. The number of carbonyl (C=O) groups is 1. The lowest BCUT2D eigenvalue weighted by atomic mass is 10.0. The normalized spacial score (nSPS) is 19.5. The van der Waals surface area contributed by atoms with Crippen molar-refractivity contribution in [3.63, 3.8) is 0 Å². The number of ketones is 1. The minimum Gasteiger partial charge on any atom is -0.497 e. The molecule has 0 saturated heterocycles. The molecule has 0 aromatic heterocycles. The minimum absolute atomic E-state index is 0.175. The molecule has 0 fully saturated rings. The van der Waals surface area contributed by atoms with Gasteiger partial charge in [-0.2, -0.15) is 0 Å². The van der Waals surface area contributed by atoms with Gasteiger partial charge in [-0.1, -0.05) is 6.07 Å². The molecule has 96 valence electrons. The van der Waals surface area contributed by atoms with Crippen molar-refractivity contribution >= 4 is 17.1 Å². The quantitative estimate of drug-likeness (QED) is 0.760. The summed E-state index contributed by atoms with van der Waals surface area (Å²) in [5.41, 5.74) is 5.06. The van der Waals surface area contributed by atoms with Gasteiger partial charge in [-0.15, -0.1) is 0 Å². The Labute approximate surface area is 112 Å². The third-order valence-corrected chi connectivity index (χ3v) is 3.49. The number of rotatable bonds is 2. The van der Waals surface area contributed by atoms with Crippen molar-refractivity contribution in [2.75, 3.05) is 7.11 Å². The molecule has 3 rings (SSSR count). The number of aliphatic imine (C=N–C) groups is 1. The van der Waals surface area contributed by atoms with Gasteiger partial charge < -0.3 is 4.74 Å². The van der Waals surface area contributed by atoms with E-state index in [0.717, 1.165) is 40.2 Å². The number of fused-ring (bicyclic) bond motifs is 1. The first-order valence-electron chi connectivity index (χ1n) is 6.32. The first-order valence-corrected chi connectivity index (χ1v) is 6.32. The van der Waals surface area contributed by atoms with Crippen LogP contribution in [0.25, 0.3) is 5.57 Å². The zero-order chi connectivity index (χ0) is 13.4. The highest BCUT2D eigenvalue weighted by atomic mass is 16.5. The van der Waals surface area contributed by atoms with Crippen molar-refractivity contribution in [1.29, 1.82) is 0 Å². The highest BCUT2D eigenvalue weighted by Gasteiger charge is 2.25. The molecule has 0 unspecified atom stereocenters. The Bertz CT molecular complexity index is 651. The smallest absolute Gasteiger partial charge is 0.167 e. The summed E-state index contributed by atoms with van der Waals surface area (Å²) in [6.07, 6.45) is 5.12. The van der Waals surface area contributed by atoms with E-state index in [1.54, 1.807) is 7.11 Å². The van der Waals surface area contributed by atoms with Crippen LogP contribution in [0.5, 0.6) is 5.75 Å². The Morgan fingerprint density at radius 2 is 2.16 bits per heavy atom. The maximum Gasteiger partial charge on any atom is 0.167 e. The fourth-order valence-electron chi connectivity index (χ4n) is 2.54. The number of allylic oxidation sites excluding steroid dienone is 3. The molecule has 1 heterocycles. The van der Waals surface area contributed by atoms with Gasteiger partial charge in [-0.05, 0) is 41.8 Å². The Morgan fingerprint density at radius 3 is 2.84 bits per heavy atom. The molecule has 3 nitrogen and oxygen atoms in total. The largest absolute Gasteiger partial charge is 0.497 e. The Balaban J connectivity index is 1.97. The van der Waals surface area contributed by atoms with Gasteiger partial charge in [0.05, 0.1) is 7.11 Å². The molecule has 0 amide bonds. The number of hydrogen-bond donors (Lipinski definition) is 0. The van der Waals surface area contributed by atoms with Crippen molar-refractivity contribution in [2.45, 2.75) is 19.8 Å². The van der Waals surface area contributed by atoms with E-state index in [2.05, 4.69) is 4.99 Å². The fourth-order valence-corrected chi connectivity index (χ4v) is 2.54.